The first-order valence-corrected chi connectivity index (χ1v) is 6.90. The summed E-state index contributed by atoms with van der Waals surface area (Å²) in [6, 6.07) is 13.2. The first kappa shape index (κ1) is 15.3. The van der Waals surface area contributed by atoms with Crippen LogP contribution in [-0.2, 0) is 13.1 Å². The molecule has 0 spiro atoms. The van der Waals surface area contributed by atoms with E-state index in [0.29, 0.717) is 18.1 Å². The normalized spacial score (nSPS) is 10.2. The molecule has 5 heteroatoms. The summed E-state index contributed by atoms with van der Waals surface area (Å²) in [6.45, 7) is 0.858. The van der Waals surface area contributed by atoms with Crippen LogP contribution in [0.1, 0.15) is 11.1 Å². The topological polar surface area (TPSA) is 32.3 Å². The van der Waals surface area contributed by atoms with Gasteiger partial charge in [-0.2, -0.15) is 0 Å². The van der Waals surface area contributed by atoms with Crippen molar-refractivity contribution in [3.05, 3.63) is 70.5 Å². The van der Waals surface area contributed by atoms with Crippen LogP contribution in [0.15, 0.2) is 48.5 Å². The zero-order valence-corrected chi connectivity index (χ0v) is 12.4. The summed E-state index contributed by atoms with van der Waals surface area (Å²) >= 11 is 5.82. The SMILES string of the molecule is CN(Cc1ccc(Cl)cc1)C(=O)NCc1ccc(F)cc1. The zero-order valence-electron chi connectivity index (χ0n) is 11.6. The summed E-state index contributed by atoms with van der Waals surface area (Å²) in [7, 11) is 1.72. The minimum atomic E-state index is -0.287. The average Bonchev–Trinajstić information content (AvgIpc) is 2.48. The number of hydrogen-bond acceptors (Lipinski definition) is 1. The van der Waals surface area contributed by atoms with Crippen LogP contribution < -0.4 is 5.32 Å². The number of carbonyl (C=O) groups excluding carboxylic acids is 1. The number of halogens is 2. The molecule has 0 aliphatic carbocycles. The molecule has 2 aromatic carbocycles. The number of nitrogens with zero attached hydrogens (tertiary/aromatic N) is 1. The van der Waals surface area contributed by atoms with Crippen LogP contribution in [0.5, 0.6) is 0 Å². The second kappa shape index (κ2) is 7.09. The summed E-state index contributed by atoms with van der Waals surface area (Å²) < 4.78 is 12.8. The molecule has 0 radical (unpaired) electrons. The van der Waals surface area contributed by atoms with Gasteiger partial charge in [-0.1, -0.05) is 35.9 Å². The minimum Gasteiger partial charge on any atom is -0.334 e. The maximum absolute atomic E-state index is 12.8. The Bertz CT molecular complexity index is 599. The number of urea groups is 1. The predicted molar refractivity (Wildman–Crippen MR) is 81.6 cm³/mol. The second-order valence-corrected chi connectivity index (χ2v) is 5.20. The van der Waals surface area contributed by atoms with E-state index >= 15 is 0 Å². The van der Waals surface area contributed by atoms with E-state index in [2.05, 4.69) is 5.32 Å². The van der Waals surface area contributed by atoms with Crippen LogP contribution in [0, 0.1) is 5.82 Å². The molecule has 0 saturated heterocycles. The van der Waals surface area contributed by atoms with E-state index in [1.54, 1.807) is 36.2 Å². The molecule has 2 aromatic rings. The second-order valence-electron chi connectivity index (χ2n) is 4.77. The van der Waals surface area contributed by atoms with Gasteiger partial charge in [-0.3, -0.25) is 0 Å². The molecule has 3 nitrogen and oxygen atoms in total. The summed E-state index contributed by atoms with van der Waals surface area (Å²) in [5, 5.41) is 3.46. The van der Waals surface area contributed by atoms with Crippen molar-refractivity contribution in [2.24, 2.45) is 0 Å². The lowest BCUT2D eigenvalue weighted by atomic mass is 10.2. The van der Waals surface area contributed by atoms with Gasteiger partial charge in [-0.05, 0) is 35.4 Å². The van der Waals surface area contributed by atoms with Gasteiger partial charge in [0.2, 0.25) is 0 Å². The van der Waals surface area contributed by atoms with Crippen LogP contribution in [-0.4, -0.2) is 18.0 Å². The molecule has 0 aliphatic heterocycles. The molecular weight excluding hydrogens is 291 g/mol. The number of hydrogen-bond donors (Lipinski definition) is 1. The van der Waals surface area contributed by atoms with Crippen molar-refractivity contribution in [3.63, 3.8) is 0 Å². The number of rotatable bonds is 4. The highest BCUT2D eigenvalue weighted by Crippen LogP contribution is 2.11. The lowest BCUT2D eigenvalue weighted by molar-refractivity contribution is 0.206. The van der Waals surface area contributed by atoms with Gasteiger partial charge in [0.05, 0.1) is 0 Å². The van der Waals surface area contributed by atoms with E-state index in [1.807, 2.05) is 12.1 Å². The van der Waals surface area contributed by atoms with Crippen molar-refractivity contribution in [3.8, 4) is 0 Å². The Hall–Kier alpha value is -2.07. The Morgan fingerprint density at radius 3 is 2.29 bits per heavy atom. The molecule has 0 fully saturated rings. The first-order chi connectivity index (χ1) is 10.0. The molecule has 1 N–H and O–H groups in total. The third-order valence-electron chi connectivity index (χ3n) is 3.04. The molecule has 0 aliphatic rings. The highest BCUT2D eigenvalue weighted by atomic mass is 35.5. The Morgan fingerprint density at radius 2 is 1.67 bits per heavy atom. The molecular formula is C16H16ClFN2O. The third-order valence-corrected chi connectivity index (χ3v) is 3.29. The van der Waals surface area contributed by atoms with Crippen molar-refractivity contribution >= 4 is 17.6 Å². The average molecular weight is 307 g/mol. The number of carbonyl (C=O) groups is 1. The van der Waals surface area contributed by atoms with Crippen molar-refractivity contribution in [1.29, 1.82) is 0 Å². The Balaban J connectivity index is 1.84. The molecule has 0 unspecified atom stereocenters. The molecule has 2 rings (SSSR count). The fourth-order valence-electron chi connectivity index (χ4n) is 1.85. The van der Waals surface area contributed by atoms with Gasteiger partial charge < -0.3 is 10.2 Å². The Labute approximate surface area is 128 Å². The van der Waals surface area contributed by atoms with Crippen LogP contribution >= 0.6 is 11.6 Å². The fourth-order valence-corrected chi connectivity index (χ4v) is 1.98. The van der Waals surface area contributed by atoms with E-state index in [9.17, 15) is 9.18 Å². The predicted octanol–water partition coefficient (Wildman–Crippen LogP) is 3.82. The third kappa shape index (κ3) is 4.76. The molecule has 0 atom stereocenters. The summed E-state index contributed by atoms with van der Waals surface area (Å²) in [5.74, 6) is -0.287. The van der Waals surface area contributed by atoms with Crippen molar-refractivity contribution in [1.82, 2.24) is 10.2 Å². The molecule has 2 amide bonds. The van der Waals surface area contributed by atoms with Crippen LogP contribution in [0.4, 0.5) is 9.18 Å². The van der Waals surface area contributed by atoms with Crippen LogP contribution in [0.2, 0.25) is 5.02 Å². The van der Waals surface area contributed by atoms with Gasteiger partial charge in [0.1, 0.15) is 5.82 Å². The first-order valence-electron chi connectivity index (χ1n) is 6.52. The van der Waals surface area contributed by atoms with Crippen LogP contribution in [0.25, 0.3) is 0 Å². The van der Waals surface area contributed by atoms with E-state index in [0.717, 1.165) is 11.1 Å². The molecule has 0 bridgehead atoms. The molecule has 21 heavy (non-hydrogen) atoms. The molecule has 110 valence electrons. The van der Waals surface area contributed by atoms with Crippen molar-refractivity contribution in [2.75, 3.05) is 7.05 Å². The molecule has 0 aromatic heterocycles. The fraction of sp³-hybridized carbons (Fsp3) is 0.188. The van der Waals surface area contributed by atoms with E-state index in [-0.39, 0.29) is 11.8 Å². The summed E-state index contributed by atoms with van der Waals surface area (Å²) in [6.07, 6.45) is 0. The number of amides is 2. The van der Waals surface area contributed by atoms with E-state index in [4.69, 9.17) is 11.6 Å². The van der Waals surface area contributed by atoms with Gasteiger partial charge in [0.25, 0.3) is 0 Å². The lowest BCUT2D eigenvalue weighted by Gasteiger charge is -2.18. The monoisotopic (exact) mass is 306 g/mol. The van der Waals surface area contributed by atoms with E-state index in [1.165, 1.54) is 12.1 Å². The molecule has 0 heterocycles. The van der Waals surface area contributed by atoms with E-state index < -0.39 is 0 Å². The largest absolute Gasteiger partial charge is 0.334 e. The number of nitrogens with one attached hydrogen (secondary N) is 1. The smallest absolute Gasteiger partial charge is 0.317 e. The maximum atomic E-state index is 12.8. The quantitative estimate of drug-likeness (QED) is 0.915. The zero-order chi connectivity index (χ0) is 15.2. The number of benzene rings is 2. The van der Waals surface area contributed by atoms with Gasteiger partial charge >= 0.3 is 6.03 Å². The standard InChI is InChI=1S/C16H16ClFN2O/c1-20(11-13-2-6-14(17)7-3-13)16(21)19-10-12-4-8-15(18)9-5-12/h2-9H,10-11H2,1H3,(H,19,21). The van der Waals surface area contributed by atoms with Crippen LogP contribution in [0.3, 0.4) is 0 Å². The summed E-state index contributed by atoms with van der Waals surface area (Å²) in [4.78, 5) is 13.5. The minimum absolute atomic E-state index is 0.186. The van der Waals surface area contributed by atoms with Crippen molar-refractivity contribution in [2.45, 2.75) is 13.1 Å². The highest BCUT2D eigenvalue weighted by Gasteiger charge is 2.08. The van der Waals surface area contributed by atoms with Gasteiger partial charge in [-0.25, -0.2) is 9.18 Å². The maximum Gasteiger partial charge on any atom is 0.317 e. The van der Waals surface area contributed by atoms with Gasteiger partial charge in [0, 0.05) is 25.2 Å². The van der Waals surface area contributed by atoms with Gasteiger partial charge in [0.15, 0.2) is 0 Å². The highest BCUT2D eigenvalue weighted by molar-refractivity contribution is 6.30. The lowest BCUT2D eigenvalue weighted by Crippen LogP contribution is -2.36. The molecule has 0 saturated carbocycles. The Kier molecular flexibility index (Phi) is 5.17. The van der Waals surface area contributed by atoms with Gasteiger partial charge in [-0.15, -0.1) is 0 Å². The summed E-state index contributed by atoms with van der Waals surface area (Å²) in [5.41, 5.74) is 1.85. The van der Waals surface area contributed by atoms with Crippen molar-refractivity contribution < 1.29 is 9.18 Å². The Morgan fingerprint density at radius 1 is 1.10 bits per heavy atom.